The van der Waals surface area contributed by atoms with Crippen molar-refractivity contribution in [2.24, 2.45) is 5.16 Å². The van der Waals surface area contributed by atoms with Crippen molar-refractivity contribution >= 4 is 6.21 Å². The van der Waals surface area contributed by atoms with Crippen LogP contribution < -0.4 is 4.74 Å². The molecule has 6 nitrogen and oxygen atoms in total. The summed E-state index contributed by atoms with van der Waals surface area (Å²) in [5.41, 5.74) is 1.65. The third-order valence-electron chi connectivity index (χ3n) is 2.94. The average Bonchev–Trinajstić information content (AvgIpc) is 3.04. The SMILES string of the molecule is O/N=C/c1ccc(OCc2noc(-c3ccccc3)n2)cc1. The zero-order valence-electron chi connectivity index (χ0n) is 11.6. The van der Waals surface area contributed by atoms with Crippen LogP contribution in [0.15, 0.2) is 64.3 Å². The lowest BCUT2D eigenvalue weighted by atomic mass is 10.2. The molecule has 1 N–H and O–H groups in total. The molecule has 3 aromatic rings. The zero-order chi connectivity index (χ0) is 15.2. The standard InChI is InChI=1S/C16H13N3O3/c20-17-10-12-6-8-14(9-7-12)21-11-15-18-16(22-19-15)13-4-2-1-3-5-13/h1-10,20H,11H2/b17-10+. The van der Waals surface area contributed by atoms with Crippen LogP contribution in [0.25, 0.3) is 11.5 Å². The first-order valence-corrected chi connectivity index (χ1v) is 6.63. The van der Waals surface area contributed by atoms with E-state index in [0.717, 1.165) is 11.1 Å². The maximum atomic E-state index is 8.45. The molecule has 0 aliphatic heterocycles. The Bertz CT molecular complexity index is 752. The van der Waals surface area contributed by atoms with Crippen LogP contribution in [-0.4, -0.2) is 21.6 Å². The van der Waals surface area contributed by atoms with Gasteiger partial charge in [-0.1, -0.05) is 28.5 Å². The third-order valence-corrected chi connectivity index (χ3v) is 2.94. The van der Waals surface area contributed by atoms with Crippen LogP contribution in [0.1, 0.15) is 11.4 Å². The summed E-state index contributed by atoms with van der Waals surface area (Å²) in [4.78, 5) is 4.29. The van der Waals surface area contributed by atoms with Crippen molar-refractivity contribution in [3.05, 3.63) is 66.0 Å². The lowest BCUT2D eigenvalue weighted by molar-refractivity contribution is 0.287. The third kappa shape index (κ3) is 3.29. The lowest BCUT2D eigenvalue weighted by Gasteiger charge is -2.02. The molecule has 0 atom stereocenters. The summed E-state index contributed by atoms with van der Waals surface area (Å²) in [5, 5.41) is 15.3. The van der Waals surface area contributed by atoms with Gasteiger partial charge in [0.25, 0.3) is 5.89 Å². The average molecular weight is 295 g/mol. The predicted molar refractivity (Wildman–Crippen MR) is 79.9 cm³/mol. The summed E-state index contributed by atoms with van der Waals surface area (Å²) >= 11 is 0. The van der Waals surface area contributed by atoms with E-state index in [1.807, 2.05) is 30.3 Å². The van der Waals surface area contributed by atoms with Crippen molar-refractivity contribution in [1.82, 2.24) is 10.1 Å². The van der Waals surface area contributed by atoms with E-state index in [-0.39, 0.29) is 6.61 Å². The Morgan fingerprint density at radius 3 is 2.59 bits per heavy atom. The van der Waals surface area contributed by atoms with Gasteiger partial charge in [-0.25, -0.2) is 0 Å². The Morgan fingerprint density at radius 1 is 1.09 bits per heavy atom. The van der Waals surface area contributed by atoms with E-state index in [1.165, 1.54) is 6.21 Å². The van der Waals surface area contributed by atoms with Gasteiger partial charge in [-0.05, 0) is 42.0 Å². The molecule has 0 aliphatic rings. The van der Waals surface area contributed by atoms with E-state index in [4.69, 9.17) is 14.5 Å². The van der Waals surface area contributed by atoms with Crippen molar-refractivity contribution < 1.29 is 14.5 Å². The van der Waals surface area contributed by atoms with Gasteiger partial charge >= 0.3 is 0 Å². The van der Waals surface area contributed by atoms with Crippen molar-refractivity contribution in [3.8, 4) is 17.2 Å². The first kappa shape index (κ1) is 13.8. The first-order chi connectivity index (χ1) is 10.8. The number of nitrogens with zero attached hydrogens (tertiary/aromatic N) is 3. The number of hydrogen-bond donors (Lipinski definition) is 1. The minimum atomic E-state index is 0.212. The summed E-state index contributed by atoms with van der Waals surface area (Å²) in [7, 11) is 0. The van der Waals surface area contributed by atoms with E-state index in [0.29, 0.717) is 17.5 Å². The Balaban J connectivity index is 1.63. The molecule has 2 aromatic carbocycles. The van der Waals surface area contributed by atoms with Crippen LogP contribution in [0.5, 0.6) is 5.75 Å². The smallest absolute Gasteiger partial charge is 0.258 e. The van der Waals surface area contributed by atoms with E-state index in [1.54, 1.807) is 24.3 Å². The molecule has 0 bridgehead atoms. The van der Waals surface area contributed by atoms with Crippen LogP contribution in [-0.2, 0) is 6.61 Å². The largest absolute Gasteiger partial charge is 0.485 e. The second kappa shape index (κ2) is 6.53. The van der Waals surface area contributed by atoms with Gasteiger partial charge in [0.2, 0.25) is 5.82 Å². The molecular weight excluding hydrogens is 282 g/mol. The normalized spacial score (nSPS) is 10.9. The summed E-state index contributed by atoms with van der Waals surface area (Å²) < 4.78 is 10.8. The van der Waals surface area contributed by atoms with Crippen LogP contribution in [0, 0.1) is 0 Å². The molecule has 0 radical (unpaired) electrons. The number of rotatable bonds is 5. The topological polar surface area (TPSA) is 80.7 Å². The molecule has 3 rings (SSSR count). The number of aromatic nitrogens is 2. The summed E-state index contributed by atoms with van der Waals surface area (Å²) in [6.45, 7) is 0.212. The van der Waals surface area contributed by atoms with Gasteiger partial charge in [0, 0.05) is 5.56 Å². The minimum absolute atomic E-state index is 0.212. The van der Waals surface area contributed by atoms with Crippen LogP contribution in [0.3, 0.4) is 0 Å². The highest BCUT2D eigenvalue weighted by Gasteiger charge is 2.08. The highest BCUT2D eigenvalue weighted by atomic mass is 16.5. The fourth-order valence-electron chi connectivity index (χ4n) is 1.88. The molecule has 0 fully saturated rings. The second-order valence-electron chi connectivity index (χ2n) is 4.48. The number of ether oxygens (including phenoxy) is 1. The van der Waals surface area contributed by atoms with Crippen molar-refractivity contribution in [2.45, 2.75) is 6.61 Å². The highest BCUT2D eigenvalue weighted by Crippen LogP contribution is 2.17. The van der Waals surface area contributed by atoms with Gasteiger partial charge < -0.3 is 14.5 Å². The summed E-state index contributed by atoms with van der Waals surface area (Å²) in [6, 6.07) is 16.7. The molecule has 0 aliphatic carbocycles. The number of benzene rings is 2. The Kier molecular flexibility index (Phi) is 4.10. The number of hydrogen-bond acceptors (Lipinski definition) is 6. The molecule has 22 heavy (non-hydrogen) atoms. The van der Waals surface area contributed by atoms with Gasteiger partial charge in [0.05, 0.1) is 6.21 Å². The Morgan fingerprint density at radius 2 is 1.86 bits per heavy atom. The lowest BCUT2D eigenvalue weighted by Crippen LogP contribution is -1.97. The molecule has 0 unspecified atom stereocenters. The van der Waals surface area contributed by atoms with Gasteiger partial charge in [0.1, 0.15) is 5.75 Å². The van der Waals surface area contributed by atoms with Crippen LogP contribution in [0.2, 0.25) is 0 Å². The minimum Gasteiger partial charge on any atom is -0.485 e. The molecule has 1 heterocycles. The van der Waals surface area contributed by atoms with Crippen LogP contribution in [0.4, 0.5) is 0 Å². The van der Waals surface area contributed by atoms with E-state index in [2.05, 4.69) is 15.3 Å². The fraction of sp³-hybridized carbons (Fsp3) is 0.0625. The summed E-state index contributed by atoms with van der Waals surface area (Å²) in [6.07, 6.45) is 1.34. The van der Waals surface area contributed by atoms with Crippen molar-refractivity contribution in [2.75, 3.05) is 0 Å². The van der Waals surface area contributed by atoms with E-state index in [9.17, 15) is 0 Å². The summed E-state index contributed by atoms with van der Waals surface area (Å²) in [5.74, 6) is 1.61. The van der Waals surface area contributed by atoms with Gasteiger partial charge in [0.15, 0.2) is 6.61 Å². The highest BCUT2D eigenvalue weighted by molar-refractivity contribution is 5.79. The predicted octanol–water partition coefficient (Wildman–Crippen LogP) is 3.12. The van der Waals surface area contributed by atoms with Crippen molar-refractivity contribution in [1.29, 1.82) is 0 Å². The molecule has 0 spiro atoms. The first-order valence-electron chi connectivity index (χ1n) is 6.63. The molecule has 6 heteroatoms. The monoisotopic (exact) mass is 295 g/mol. The molecule has 0 saturated carbocycles. The Labute approximate surface area is 126 Å². The molecule has 110 valence electrons. The molecule has 0 saturated heterocycles. The molecular formula is C16H13N3O3. The second-order valence-corrected chi connectivity index (χ2v) is 4.48. The van der Waals surface area contributed by atoms with Gasteiger partial charge in [-0.2, -0.15) is 4.98 Å². The number of oxime groups is 1. The Hall–Kier alpha value is -3.15. The maximum Gasteiger partial charge on any atom is 0.258 e. The molecule has 0 amide bonds. The van der Waals surface area contributed by atoms with E-state index < -0.39 is 0 Å². The van der Waals surface area contributed by atoms with Gasteiger partial charge in [-0.3, -0.25) is 0 Å². The molecule has 1 aromatic heterocycles. The maximum absolute atomic E-state index is 8.45. The van der Waals surface area contributed by atoms with Crippen LogP contribution >= 0.6 is 0 Å². The van der Waals surface area contributed by atoms with E-state index >= 15 is 0 Å². The zero-order valence-corrected chi connectivity index (χ0v) is 11.6. The van der Waals surface area contributed by atoms with Gasteiger partial charge in [-0.15, -0.1) is 0 Å². The van der Waals surface area contributed by atoms with Crippen molar-refractivity contribution in [3.63, 3.8) is 0 Å². The quantitative estimate of drug-likeness (QED) is 0.444. The fourth-order valence-corrected chi connectivity index (χ4v) is 1.88.